The van der Waals surface area contributed by atoms with Gasteiger partial charge in [-0.25, -0.2) is 9.18 Å². The molecule has 1 heterocycles. The summed E-state index contributed by atoms with van der Waals surface area (Å²) in [5, 5.41) is 9.03. The number of amides is 1. The van der Waals surface area contributed by atoms with E-state index in [9.17, 15) is 14.0 Å². The predicted molar refractivity (Wildman–Crippen MR) is 70.2 cm³/mol. The molecule has 0 aliphatic carbocycles. The Kier molecular flexibility index (Phi) is 4.19. The molecule has 1 aliphatic rings. The normalized spacial score (nSPS) is 18.6. The SMILES string of the molecule is O=C(O)[C@@H]1CCCN1C(=O)Cc1cc(F)ccc1Br. The fraction of sp³-hybridized carbons (Fsp3) is 0.385. The molecule has 0 spiro atoms. The van der Waals surface area contributed by atoms with Crippen molar-refractivity contribution in [2.45, 2.75) is 25.3 Å². The molecule has 1 amide bonds. The third-order valence-electron chi connectivity index (χ3n) is 3.21. The summed E-state index contributed by atoms with van der Waals surface area (Å²) < 4.78 is 13.8. The fourth-order valence-corrected chi connectivity index (χ4v) is 2.65. The number of hydrogen-bond donors (Lipinski definition) is 1. The molecule has 0 unspecified atom stereocenters. The molecule has 1 aliphatic heterocycles. The first-order valence-corrected chi connectivity index (χ1v) is 6.74. The minimum absolute atomic E-state index is 0.00211. The van der Waals surface area contributed by atoms with Gasteiger partial charge in [0.25, 0.3) is 0 Å². The Bertz CT molecular complexity index is 521. The van der Waals surface area contributed by atoms with E-state index < -0.39 is 17.8 Å². The molecule has 1 atom stereocenters. The molecule has 102 valence electrons. The summed E-state index contributed by atoms with van der Waals surface area (Å²) in [6, 6.07) is 3.37. The summed E-state index contributed by atoms with van der Waals surface area (Å²) in [5.74, 6) is -1.68. The van der Waals surface area contributed by atoms with Gasteiger partial charge in [-0.2, -0.15) is 0 Å². The monoisotopic (exact) mass is 329 g/mol. The third-order valence-corrected chi connectivity index (χ3v) is 3.98. The highest BCUT2D eigenvalue weighted by molar-refractivity contribution is 9.10. The Morgan fingerprint density at radius 1 is 1.47 bits per heavy atom. The number of aliphatic carboxylic acids is 1. The van der Waals surface area contributed by atoms with E-state index in [2.05, 4.69) is 15.9 Å². The second kappa shape index (κ2) is 5.69. The van der Waals surface area contributed by atoms with Gasteiger partial charge in [0.15, 0.2) is 0 Å². The summed E-state index contributed by atoms with van der Waals surface area (Å²) >= 11 is 3.26. The number of carbonyl (C=O) groups is 2. The van der Waals surface area contributed by atoms with Crippen LogP contribution in [0.4, 0.5) is 4.39 Å². The van der Waals surface area contributed by atoms with Gasteiger partial charge in [-0.1, -0.05) is 15.9 Å². The topological polar surface area (TPSA) is 57.6 Å². The smallest absolute Gasteiger partial charge is 0.326 e. The number of hydrogen-bond acceptors (Lipinski definition) is 2. The first-order valence-electron chi connectivity index (χ1n) is 5.95. The van der Waals surface area contributed by atoms with Crippen molar-refractivity contribution in [2.24, 2.45) is 0 Å². The number of nitrogens with zero attached hydrogens (tertiary/aromatic N) is 1. The molecule has 1 N–H and O–H groups in total. The molecule has 0 radical (unpaired) electrons. The van der Waals surface area contributed by atoms with Crippen molar-refractivity contribution < 1.29 is 19.1 Å². The van der Waals surface area contributed by atoms with Gasteiger partial charge in [0.2, 0.25) is 5.91 Å². The van der Waals surface area contributed by atoms with Crippen LogP contribution in [0.1, 0.15) is 18.4 Å². The van der Waals surface area contributed by atoms with E-state index in [0.717, 1.165) is 0 Å². The average Bonchev–Trinajstić information content (AvgIpc) is 2.83. The highest BCUT2D eigenvalue weighted by Gasteiger charge is 2.33. The zero-order chi connectivity index (χ0) is 14.0. The standard InChI is InChI=1S/C13H13BrFNO3/c14-10-4-3-9(15)6-8(10)7-12(17)16-5-1-2-11(16)13(18)19/h3-4,6,11H,1-2,5,7H2,(H,18,19)/t11-/m0/s1. The van der Waals surface area contributed by atoms with Crippen LogP contribution in [0.15, 0.2) is 22.7 Å². The van der Waals surface area contributed by atoms with E-state index in [-0.39, 0.29) is 12.3 Å². The summed E-state index contributed by atoms with van der Waals surface area (Å²) in [5.41, 5.74) is 0.529. The lowest BCUT2D eigenvalue weighted by atomic mass is 10.1. The summed E-state index contributed by atoms with van der Waals surface area (Å²) in [7, 11) is 0. The van der Waals surface area contributed by atoms with Crippen LogP contribution in [-0.4, -0.2) is 34.5 Å². The van der Waals surface area contributed by atoms with Gasteiger partial charge >= 0.3 is 5.97 Å². The van der Waals surface area contributed by atoms with Crippen LogP contribution in [0.2, 0.25) is 0 Å². The molecule has 0 saturated carbocycles. The van der Waals surface area contributed by atoms with Crippen molar-refractivity contribution >= 4 is 27.8 Å². The van der Waals surface area contributed by atoms with Crippen molar-refractivity contribution in [1.82, 2.24) is 4.90 Å². The predicted octanol–water partition coefficient (Wildman–Crippen LogP) is 2.21. The Labute approximate surface area is 118 Å². The molecule has 19 heavy (non-hydrogen) atoms. The Morgan fingerprint density at radius 3 is 2.89 bits per heavy atom. The summed E-state index contributed by atoms with van der Waals surface area (Å²) in [6.45, 7) is 0.447. The molecular weight excluding hydrogens is 317 g/mol. The van der Waals surface area contributed by atoms with Crippen molar-refractivity contribution in [3.63, 3.8) is 0 Å². The molecule has 1 saturated heterocycles. The average molecular weight is 330 g/mol. The lowest BCUT2D eigenvalue weighted by molar-refractivity contribution is -0.148. The largest absolute Gasteiger partial charge is 0.480 e. The molecule has 4 nitrogen and oxygen atoms in total. The minimum Gasteiger partial charge on any atom is -0.480 e. The number of likely N-dealkylation sites (tertiary alicyclic amines) is 1. The second-order valence-electron chi connectivity index (χ2n) is 4.50. The van der Waals surface area contributed by atoms with E-state index in [4.69, 9.17) is 5.11 Å². The van der Waals surface area contributed by atoms with Crippen LogP contribution in [-0.2, 0) is 16.0 Å². The Morgan fingerprint density at radius 2 is 2.21 bits per heavy atom. The van der Waals surface area contributed by atoms with Crippen LogP contribution in [0, 0.1) is 5.82 Å². The first-order chi connectivity index (χ1) is 8.99. The Hall–Kier alpha value is -1.43. The molecule has 1 aromatic rings. The lowest BCUT2D eigenvalue weighted by Crippen LogP contribution is -2.41. The van der Waals surface area contributed by atoms with Gasteiger partial charge in [0.1, 0.15) is 11.9 Å². The van der Waals surface area contributed by atoms with Crippen molar-refractivity contribution in [3.8, 4) is 0 Å². The molecule has 0 aromatic heterocycles. The highest BCUT2D eigenvalue weighted by Crippen LogP contribution is 2.22. The number of benzene rings is 1. The van der Waals surface area contributed by atoms with Gasteiger partial charge in [-0.3, -0.25) is 4.79 Å². The van der Waals surface area contributed by atoms with Gasteiger partial charge in [0, 0.05) is 11.0 Å². The van der Waals surface area contributed by atoms with Gasteiger partial charge in [0.05, 0.1) is 6.42 Å². The van der Waals surface area contributed by atoms with Crippen molar-refractivity contribution in [2.75, 3.05) is 6.54 Å². The number of halogens is 2. The third kappa shape index (κ3) is 3.12. The maximum absolute atomic E-state index is 13.1. The number of rotatable bonds is 3. The fourth-order valence-electron chi connectivity index (χ4n) is 2.27. The lowest BCUT2D eigenvalue weighted by Gasteiger charge is -2.21. The molecule has 0 bridgehead atoms. The van der Waals surface area contributed by atoms with E-state index in [1.807, 2.05) is 0 Å². The number of carboxylic acids is 1. The zero-order valence-corrected chi connectivity index (χ0v) is 11.7. The van der Waals surface area contributed by atoms with Crippen molar-refractivity contribution in [1.29, 1.82) is 0 Å². The highest BCUT2D eigenvalue weighted by atomic mass is 79.9. The minimum atomic E-state index is -0.982. The number of carboxylic acid groups (broad SMARTS) is 1. The van der Waals surface area contributed by atoms with Gasteiger partial charge in [-0.15, -0.1) is 0 Å². The van der Waals surface area contributed by atoms with E-state index in [1.54, 1.807) is 0 Å². The second-order valence-corrected chi connectivity index (χ2v) is 5.35. The van der Waals surface area contributed by atoms with Crippen LogP contribution < -0.4 is 0 Å². The maximum Gasteiger partial charge on any atom is 0.326 e. The molecule has 1 fully saturated rings. The molecule has 2 rings (SSSR count). The van der Waals surface area contributed by atoms with E-state index >= 15 is 0 Å². The molecular formula is C13H13BrFNO3. The molecule has 6 heteroatoms. The molecule has 1 aromatic carbocycles. The zero-order valence-electron chi connectivity index (χ0n) is 10.1. The maximum atomic E-state index is 13.1. The van der Waals surface area contributed by atoms with Gasteiger partial charge < -0.3 is 10.0 Å². The summed E-state index contributed by atoms with van der Waals surface area (Å²) in [6.07, 6.45) is 1.17. The number of carbonyl (C=O) groups excluding carboxylic acids is 1. The van der Waals surface area contributed by atoms with Gasteiger partial charge in [-0.05, 0) is 36.6 Å². The van der Waals surface area contributed by atoms with Crippen LogP contribution in [0.5, 0.6) is 0 Å². The van der Waals surface area contributed by atoms with Crippen LogP contribution in [0.3, 0.4) is 0 Å². The van der Waals surface area contributed by atoms with E-state index in [0.29, 0.717) is 29.4 Å². The Balaban J connectivity index is 2.12. The van der Waals surface area contributed by atoms with E-state index in [1.165, 1.54) is 23.1 Å². The van der Waals surface area contributed by atoms with Crippen LogP contribution >= 0.6 is 15.9 Å². The van der Waals surface area contributed by atoms with Crippen molar-refractivity contribution in [3.05, 3.63) is 34.1 Å². The van der Waals surface area contributed by atoms with Crippen LogP contribution in [0.25, 0.3) is 0 Å². The first kappa shape index (κ1) is 14.0. The quantitative estimate of drug-likeness (QED) is 0.924. The summed E-state index contributed by atoms with van der Waals surface area (Å²) in [4.78, 5) is 24.5.